The molecule has 0 radical (unpaired) electrons. The molecule has 0 aromatic heterocycles. The average Bonchev–Trinajstić information content (AvgIpc) is 2.28. The summed E-state index contributed by atoms with van der Waals surface area (Å²) in [6.45, 7) is -0.836. The summed E-state index contributed by atoms with van der Waals surface area (Å²) >= 11 is 0. The number of hydrogen-bond acceptors (Lipinski definition) is 2. The summed E-state index contributed by atoms with van der Waals surface area (Å²) in [5, 5.41) is 0. The summed E-state index contributed by atoms with van der Waals surface area (Å²) in [6.07, 6.45) is -6.67. The third-order valence-corrected chi connectivity index (χ3v) is 2.13. The molecule has 0 spiro atoms. The predicted molar refractivity (Wildman–Crippen MR) is 52.9 cm³/mol. The van der Waals surface area contributed by atoms with Crippen molar-refractivity contribution >= 4 is 6.29 Å². The van der Waals surface area contributed by atoms with Crippen LogP contribution in [-0.2, 0) is 0 Å². The van der Waals surface area contributed by atoms with Gasteiger partial charge >= 0.3 is 12.1 Å². The molecule has 0 aliphatic rings. The fourth-order valence-electron chi connectivity index (χ4n) is 1.14. The number of carbonyl (C=O) groups is 1. The fraction of sp³-hybridized carbons (Fsp3) is 0.364. The van der Waals surface area contributed by atoms with Gasteiger partial charge < -0.3 is 4.74 Å². The lowest BCUT2D eigenvalue weighted by molar-refractivity contribution is -0.285. The Balaban J connectivity index is 2.59. The van der Waals surface area contributed by atoms with Gasteiger partial charge in [-0.1, -0.05) is 12.1 Å². The normalized spacial score (nSPS) is 12.3. The second kappa shape index (κ2) is 5.32. The molecular weight excluding hydrogens is 259 g/mol. The molecule has 0 atom stereocenters. The van der Waals surface area contributed by atoms with Crippen LogP contribution in [0.2, 0.25) is 0 Å². The van der Waals surface area contributed by atoms with Crippen LogP contribution in [0.3, 0.4) is 0 Å². The first kappa shape index (κ1) is 14.4. The first-order chi connectivity index (χ1) is 8.28. The molecular formula is C11H9F5O2. The standard InChI is InChI=1S/C11H9F5O2/c12-10(13,11(14,15)16)5-6-18-9-4-2-1-3-8(9)7-17/h1-4,7H,5-6H2. The van der Waals surface area contributed by atoms with Gasteiger partial charge in [-0.25, -0.2) is 0 Å². The van der Waals surface area contributed by atoms with Crippen LogP contribution in [-0.4, -0.2) is 25.0 Å². The first-order valence-corrected chi connectivity index (χ1v) is 4.89. The smallest absolute Gasteiger partial charge is 0.453 e. The maximum atomic E-state index is 12.5. The Morgan fingerprint density at radius 1 is 1.11 bits per heavy atom. The summed E-state index contributed by atoms with van der Waals surface area (Å²) in [5.74, 6) is -4.83. The van der Waals surface area contributed by atoms with Gasteiger partial charge in [-0.2, -0.15) is 22.0 Å². The third kappa shape index (κ3) is 3.41. The minimum Gasteiger partial charge on any atom is -0.493 e. The van der Waals surface area contributed by atoms with E-state index < -0.39 is 25.1 Å². The van der Waals surface area contributed by atoms with E-state index in [0.717, 1.165) is 0 Å². The van der Waals surface area contributed by atoms with E-state index in [1.54, 1.807) is 0 Å². The zero-order valence-corrected chi connectivity index (χ0v) is 9.01. The van der Waals surface area contributed by atoms with Crippen LogP contribution in [0.1, 0.15) is 16.8 Å². The lowest BCUT2D eigenvalue weighted by atomic mass is 10.2. The summed E-state index contributed by atoms with van der Waals surface area (Å²) in [5.41, 5.74) is 0.0906. The number of carbonyl (C=O) groups excluding carboxylic acids is 1. The molecule has 0 bridgehead atoms. The fourth-order valence-corrected chi connectivity index (χ4v) is 1.14. The number of halogens is 5. The molecule has 0 saturated carbocycles. The summed E-state index contributed by atoms with van der Waals surface area (Å²) < 4.78 is 65.4. The van der Waals surface area contributed by atoms with Gasteiger partial charge in [0.2, 0.25) is 0 Å². The van der Waals surface area contributed by atoms with E-state index in [1.807, 2.05) is 0 Å². The van der Waals surface area contributed by atoms with Crippen LogP contribution >= 0.6 is 0 Å². The van der Waals surface area contributed by atoms with Gasteiger partial charge in [0.1, 0.15) is 5.75 Å². The van der Waals surface area contributed by atoms with E-state index in [4.69, 9.17) is 4.74 Å². The number of aldehydes is 1. The van der Waals surface area contributed by atoms with Crippen molar-refractivity contribution < 1.29 is 31.5 Å². The van der Waals surface area contributed by atoms with E-state index in [-0.39, 0.29) is 11.3 Å². The summed E-state index contributed by atoms with van der Waals surface area (Å²) in [4.78, 5) is 10.5. The molecule has 7 heteroatoms. The quantitative estimate of drug-likeness (QED) is 0.603. The molecule has 18 heavy (non-hydrogen) atoms. The van der Waals surface area contributed by atoms with Crippen molar-refractivity contribution in [3.8, 4) is 5.75 Å². The topological polar surface area (TPSA) is 26.3 Å². The van der Waals surface area contributed by atoms with E-state index in [9.17, 15) is 26.7 Å². The molecule has 0 aliphatic carbocycles. The highest BCUT2D eigenvalue weighted by molar-refractivity contribution is 5.79. The van der Waals surface area contributed by atoms with Gasteiger partial charge in [-0.05, 0) is 12.1 Å². The monoisotopic (exact) mass is 268 g/mol. The number of hydrogen-bond donors (Lipinski definition) is 0. The molecule has 0 fully saturated rings. The van der Waals surface area contributed by atoms with E-state index >= 15 is 0 Å². The minimum absolute atomic E-state index is 0.0227. The largest absolute Gasteiger partial charge is 0.493 e. The maximum Gasteiger partial charge on any atom is 0.453 e. The van der Waals surface area contributed by atoms with Crippen LogP contribution in [0, 0.1) is 0 Å². The Morgan fingerprint density at radius 2 is 1.72 bits per heavy atom. The Morgan fingerprint density at radius 3 is 2.28 bits per heavy atom. The molecule has 100 valence electrons. The van der Waals surface area contributed by atoms with Crippen molar-refractivity contribution in [2.24, 2.45) is 0 Å². The van der Waals surface area contributed by atoms with Gasteiger partial charge in [0.25, 0.3) is 0 Å². The van der Waals surface area contributed by atoms with Crippen LogP contribution in [0.15, 0.2) is 24.3 Å². The number of ether oxygens (including phenoxy) is 1. The zero-order chi connectivity index (χ0) is 13.8. The van der Waals surface area contributed by atoms with Crippen LogP contribution in [0.4, 0.5) is 22.0 Å². The van der Waals surface area contributed by atoms with Crippen LogP contribution in [0.5, 0.6) is 5.75 Å². The van der Waals surface area contributed by atoms with Crippen molar-refractivity contribution in [2.75, 3.05) is 6.61 Å². The Labute approximate surface area is 99.4 Å². The lowest BCUT2D eigenvalue weighted by Gasteiger charge is -2.19. The molecule has 0 heterocycles. The summed E-state index contributed by atoms with van der Waals surface area (Å²) in [6, 6.07) is 5.67. The molecule has 0 saturated heterocycles. The number of para-hydroxylation sites is 1. The van der Waals surface area contributed by atoms with E-state index in [0.29, 0.717) is 6.29 Å². The van der Waals surface area contributed by atoms with Crippen molar-refractivity contribution in [3.63, 3.8) is 0 Å². The third-order valence-electron chi connectivity index (χ3n) is 2.13. The number of benzene rings is 1. The molecule has 1 rings (SSSR count). The van der Waals surface area contributed by atoms with Crippen molar-refractivity contribution in [1.29, 1.82) is 0 Å². The molecule has 0 amide bonds. The van der Waals surface area contributed by atoms with Crippen LogP contribution in [0.25, 0.3) is 0 Å². The highest BCUT2D eigenvalue weighted by atomic mass is 19.4. The second-order valence-electron chi connectivity index (χ2n) is 3.46. The van der Waals surface area contributed by atoms with Gasteiger partial charge in [-0.15, -0.1) is 0 Å². The van der Waals surface area contributed by atoms with Gasteiger partial charge in [-0.3, -0.25) is 4.79 Å². The van der Waals surface area contributed by atoms with E-state index in [1.165, 1.54) is 24.3 Å². The van der Waals surface area contributed by atoms with Crippen LogP contribution < -0.4 is 4.74 Å². The SMILES string of the molecule is O=Cc1ccccc1OCCC(F)(F)C(F)(F)F. The molecule has 1 aromatic rings. The molecule has 2 nitrogen and oxygen atoms in total. The van der Waals surface area contributed by atoms with Crippen molar-refractivity contribution in [2.45, 2.75) is 18.5 Å². The zero-order valence-electron chi connectivity index (χ0n) is 9.01. The first-order valence-electron chi connectivity index (χ1n) is 4.89. The molecule has 0 N–H and O–H groups in total. The predicted octanol–water partition coefficient (Wildman–Crippen LogP) is 3.47. The molecule has 0 unspecified atom stereocenters. The average molecular weight is 268 g/mol. The Hall–Kier alpha value is -1.66. The Kier molecular flexibility index (Phi) is 4.26. The molecule has 1 aromatic carbocycles. The van der Waals surface area contributed by atoms with Crippen molar-refractivity contribution in [3.05, 3.63) is 29.8 Å². The minimum atomic E-state index is -5.60. The lowest BCUT2D eigenvalue weighted by Crippen LogP contribution is -2.37. The van der Waals surface area contributed by atoms with E-state index in [2.05, 4.69) is 0 Å². The van der Waals surface area contributed by atoms with Gasteiger partial charge in [0.15, 0.2) is 6.29 Å². The van der Waals surface area contributed by atoms with Crippen molar-refractivity contribution in [1.82, 2.24) is 0 Å². The summed E-state index contributed by atoms with van der Waals surface area (Å²) in [7, 11) is 0. The number of alkyl halides is 5. The Bertz CT molecular complexity index is 414. The second-order valence-corrected chi connectivity index (χ2v) is 3.46. The van der Waals surface area contributed by atoms with Gasteiger partial charge in [0.05, 0.1) is 18.6 Å². The maximum absolute atomic E-state index is 12.5. The highest BCUT2D eigenvalue weighted by Crippen LogP contribution is 2.38. The van der Waals surface area contributed by atoms with Gasteiger partial charge in [0, 0.05) is 0 Å². The molecule has 0 aliphatic heterocycles. The number of rotatable bonds is 5. The highest BCUT2D eigenvalue weighted by Gasteiger charge is 2.56.